The summed E-state index contributed by atoms with van der Waals surface area (Å²) in [5.41, 5.74) is 5.76. The Labute approximate surface area is 108 Å². The van der Waals surface area contributed by atoms with Crippen LogP contribution in [-0.4, -0.2) is 18.5 Å². The van der Waals surface area contributed by atoms with Gasteiger partial charge in [0.2, 0.25) is 0 Å². The van der Waals surface area contributed by atoms with Crippen molar-refractivity contribution in [1.29, 1.82) is 0 Å². The molecule has 4 nitrogen and oxygen atoms in total. The predicted molar refractivity (Wildman–Crippen MR) is 70.4 cm³/mol. The van der Waals surface area contributed by atoms with E-state index in [2.05, 4.69) is 5.32 Å². The van der Waals surface area contributed by atoms with E-state index in [9.17, 15) is 4.79 Å². The average molecular weight is 250 g/mol. The van der Waals surface area contributed by atoms with Crippen molar-refractivity contribution < 1.29 is 9.21 Å². The molecule has 1 heterocycles. The van der Waals surface area contributed by atoms with Crippen LogP contribution >= 0.6 is 0 Å². The molecular formula is C14H22N2O2. The minimum Gasteiger partial charge on any atom is -0.456 e. The van der Waals surface area contributed by atoms with Gasteiger partial charge < -0.3 is 15.5 Å². The fourth-order valence-corrected chi connectivity index (χ4v) is 2.61. The Bertz CT molecular complexity index is 400. The fourth-order valence-electron chi connectivity index (χ4n) is 2.61. The molecule has 0 radical (unpaired) electrons. The molecule has 2 unspecified atom stereocenters. The molecule has 1 aliphatic rings. The third-order valence-corrected chi connectivity index (χ3v) is 3.76. The zero-order valence-electron chi connectivity index (χ0n) is 10.9. The first-order valence-electron chi connectivity index (χ1n) is 6.84. The molecule has 0 aromatic carbocycles. The number of nitrogens with one attached hydrogen (secondary N) is 1. The number of furan rings is 1. The normalized spacial score (nSPS) is 23.9. The van der Waals surface area contributed by atoms with E-state index in [4.69, 9.17) is 10.2 Å². The van der Waals surface area contributed by atoms with Crippen molar-refractivity contribution >= 4 is 5.91 Å². The Morgan fingerprint density at radius 3 is 2.89 bits per heavy atom. The third-order valence-electron chi connectivity index (χ3n) is 3.76. The van der Waals surface area contributed by atoms with Gasteiger partial charge in [0.05, 0.1) is 0 Å². The van der Waals surface area contributed by atoms with Crippen LogP contribution in [0.1, 0.15) is 48.9 Å². The first-order chi connectivity index (χ1) is 8.74. The standard InChI is InChI=1S/C14H22N2O2/c1-2-11-7-8-13(18-11)14(17)16-12-6-4-3-5-10(12)9-15/h7-8,10,12H,2-6,9,15H2,1H3,(H,16,17). The quantitative estimate of drug-likeness (QED) is 0.859. The average Bonchev–Trinajstić information content (AvgIpc) is 2.88. The predicted octanol–water partition coefficient (Wildman–Crippen LogP) is 2.09. The second-order valence-electron chi connectivity index (χ2n) is 4.98. The Morgan fingerprint density at radius 1 is 1.44 bits per heavy atom. The molecule has 1 fully saturated rings. The highest BCUT2D eigenvalue weighted by atomic mass is 16.3. The van der Waals surface area contributed by atoms with Gasteiger partial charge in [-0.3, -0.25) is 4.79 Å². The highest BCUT2D eigenvalue weighted by molar-refractivity contribution is 5.91. The topological polar surface area (TPSA) is 68.3 Å². The largest absolute Gasteiger partial charge is 0.456 e. The van der Waals surface area contributed by atoms with Crippen molar-refractivity contribution in [3.63, 3.8) is 0 Å². The van der Waals surface area contributed by atoms with Crippen LogP contribution < -0.4 is 11.1 Å². The SMILES string of the molecule is CCc1ccc(C(=O)NC2CCCCC2CN)o1. The van der Waals surface area contributed by atoms with Crippen molar-refractivity contribution in [2.75, 3.05) is 6.54 Å². The van der Waals surface area contributed by atoms with Crippen LogP contribution in [0.4, 0.5) is 0 Å². The first-order valence-corrected chi connectivity index (χ1v) is 6.84. The molecule has 0 bridgehead atoms. The summed E-state index contributed by atoms with van der Waals surface area (Å²) in [6.45, 7) is 2.65. The van der Waals surface area contributed by atoms with Crippen LogP contribution in [-0.2, 0) is 6.42 Å². The molecule has 18 heavy (non-hydrogen) atoms. The fraction of sp³-hybridized carbons (Fsp3) is 0.643. The molecule has 100 valence electrons. The number of hydrogen-bond donors (Lipinski definition) is 2. The lowest BCUT2D eigenvalue weighted by atomic mass is 9.84. The highest BCUT2D eigenvalue weighted by Gasteiger charge is 2.26. The molecule has 4 heteroatoms. The summed E-state index contributed by atoms with van der Waals surface area (Å²) < 4.78 is 5.46. The summed E-state index contributed by atoms with van der Waals surface area (Å²) in [5, 5.41) is 3.06. The zero-order valence-corrected chi connectivity index (χ0v) is 10.9. The molecular weight excluding hydrogens is 228 g/mol. The molecule has 0 aliphatic heterocycles. The number of hydrogen-bond acceptors (Lipinski definition) is 3. The van der Waals surface area contributed by atoms with Crippen LogP contribution in [0, 0.1) is 5.92 Å². The second kappa shape index (κ2) is 6.05. The molecule has 2 rings (SSSR count). The third kappa shape index (κ3) is 2.93. The van der Waals surface area contributed by atoms with Crippen molar-refractivity contribution in [3.05, 3.63) is 23.7 Å². The summed E-state index contributed by atoms with van der Waals surface area (Å²) in [7, 11) is 0. The molecule has 0 saturated heterocycles. The zero-order chi connectivity index (χ0) is 13.0. The molecule has 1 amide bonds. The Kier molecular flexibility index (Phi) is 4.42. The Morgan fingerprint density at radius 2 is 2.22 bits per heavy atom. The minimum atomic E-state index is -0.111. The maximum atomic E-state index is 12.1. The van der Waals surface area contributed by atoms with E-state index in [1.165, 1.54) is 12.8 Å². The van der Waals surface area contributed by atoms with Crippen LogP contribution in [0.15, 0.2) is 16.5 Å². The summed E-state index contributed by atoms with van der Waals surface area (Å²) in [5.74, 6) is 1.55. The molecule has 1 saturated carbocycles. The number of amides is 1. The van der Waals surface area contributed by atoms with Crippen LogP contribution in [0.3, 0.4) is 0 Å². The number of carbonyl (C=O) groups is 1. The van der Waals surface area contributed by atoms with Gasteiger partial charge in [0.1, 0.15) is 5.76 Å². The van der Waals surface area contributed by atoms with Gasteiger partial charge >= 0.3 is 0 Å². The number of carbonyl (C=O) groups excluding carboxylic acids is 1. The monoisotopic (exact) mass is 250 g/mol. The van der Waals surface area contributed by atoms with Gasteiger partial charge in [-0.25, -0.2) is 0 Å². The van der Waals surface area contributed by atoms with Crippen molar-refractivity contribution in [2.45, 2.75) is 45.1 Å². The van der Waals surface area contributed by atoms with E-state index in [0.717, 1.165) is 25.0 Å². The number of nitrogens with two attached hydrogens (primary N) is 1. The van der Waals surface area contributed by atoms with Crippen molar-refractivity contribution in [3.8, 4) is 0 Å². The summed E-state index contributed by atoms with van der Waals surface area (Å²) in [4.78, 5) is 12.1. The first kappa shape index (κ1) is 13.1. The molecule has 0 spiro atoms. The lowest BCUT2D eigenvalue weighted by Crippen LogP contribution is -2.44. The smallest absolute Gasteiger partial charge is 0.287 e. The Hall–Kier alpha value is -1.29. The van der Waals surface area contributed by atoms with Crippen LogP contribution in [0.2, 0.25) is 0 Å². The summed E-state index contributed by atoms with van der Waals surface area (Å²) in [6, 6.07) is 3.80. The van der Waals surface area contributed by atoms with E-state index in [1.807, 2.05) is 13.0 Å². The second-order valence-corrected chi connectivity index (χ2v) is 4.98. The van der Waals surface area contributed by atoms with Gasteiger partial charge in [0.15, 0.2) is 5.76 Å². The summed E-state index contributed by atoms with van der Waals surface area (Å²) >= 11 is 0. The molecule has 1 aromatic heterocycles. The van der Waals surface area contributed by atoms with Crippen molar-refractivity contribution in [1.82, 2.24) is 5.32 Å². The Balaban J connectivity index is 1.97. The summed E-state index contributed by atoms with van der Waals surface area (Å²) in [6.07, 6.45) is 5.33. The van der Waals surface area contributed by atoms with Gasteiger partial charge in [-0.05, 0) is 37.4 Å². The van der Waals surface area contributed by atoms with Gasteiger partial charge in [0.25, 0.3) is 5.91 Å². The van der Waals surface area contributed by atoms with E-state index >= 15 is 0 Å². The van der Waals surface area contributed by atoms with Crippen molar-refractivity contribution in [2.24, 2.45) is 11.7 Å². The molecule has 3 N–H and O–H groups in total. The molecule has 1 aromatic rings. The number of aryl methyl sites for hydroxylation is 1. The van der Waals surface area contributed by atoms with E-state index in [1.54, 1.807) is 6.07 Å². The van der Waals surface area contributed by atoms with Gasteiger partial charge in [0, 0.05) is 12.5 Å². The number of rotatable bonds is 4. The van der Waals surface area contributed by atoms with Crippen LogP contribution in [0.5, 0.6) is 0 Å². The minimum absolute atomic E-state index is 0.111. The molecule has 2 atom stereocenters. The van der Waals surface area contributed by atoms with Crippen LogP contribution in [0.25, 0.3) is 0 Å². The molecule has 1 aliphatic carbocycles. The van der Waals surface area contributed by atoms with Gasteiger partial charge in [-0.1, -0.05) is 19.8 Å². The lowest BCUT2D eigenvalue weighted by Gasteiger charge is -2.30. The van der Waals surface area contributed by atoms with E-state index in [0.29, 0.717) is 18.2 Å². The maximum absolute atomic E-state index is 12.1. The van der Waals surface area contributed by atoms with E-state index < -0.39 is 0 Å². The van der Waals surface area contributed by atoms with Gasteiger partial charge in [-0.2, -0.15) is 0 Å². The highest BCUT2D eigenvalue weighted by Crippen LogP contribution is 2.24. The van der Waals surface area contributed by atoms with E-state index in [-0.39, 0.29) is 11.9 Å². The lowest BCUT2D eigenvalue weighted by molar-refractivity contribution is 0.0878. The maximum Gasteiger partial charge on any atom is 0.287 e. The van der Waals surface area contributed by atoms with Gasteiger partial charge in [-0.15, -0.1) is 0 Å².